The molecule has 1 unspecified atom stereocenters. The van der Waals surface area contributed by atoms with E-state index in [4.69, 9.17) is 9.47 Å². The first kappa shape index (κ1) is 19.9. The number of rotatable bonds is 7. The van der Waals surface area contributed by atoms with E-state index < -0.39 is 10.0 Å². The second kappa shape index (κ2) is 8.90. The van der Waals surface area contributed by atoms with Crippen molar-refractivity contribution in [3.05, 3.63) is 18.2 Å². The summed E-state index contributed by atoms with van der Waals surface area (Å²) in [5.41, 5.74) is 0. The molecule has 0 spiro atoms. The summed E-state index contributed by atoms with van der Waals surface area (Å²) in [6.07, 6.45) is 2.86. The molecule has 8 nitrogen and oxygen atoms in total. The number of carbonyl (C=O) groups excluding carboxylic acids is 1. The predicted octanol–water partition coefficient (Wildman–Crippen LogP) is 0.727. The van der Waals surface area contributed by atoms with Gasteiger partial charge in [0.15, 0.2) is 11.5 Å². The quantitative estimate of drug-likeness (QED) is 0.704. The van der Waals surface area contributed by atoms with E-state index >= 15 is 0 Å². The molecule has 0 bridgehead atoms. The molecule has 1 fully saturated rings. The SMILES string of the molecule is CNCC1CCCN1C(=O)CCNS(=O)(=O)c1ccc2c(c1)OCCCO2. The van der Waals surface area contributed by atoms with Crippen molar-refractivity contribution in [2.75, 3.05) is 39.9 Å². The molecule has 2 heterocycles. The fraction of sp³-hybridized carbons (Fsp3) is 0.611. The minimum atomic E-state index is -3.72. The smallest absolute Gasteiger partial charge is 0.240 e. The van der Waals surface area contributed by atoms with Gasteiger partial charge in [-0.05, 0) is 32.0 Å². The number of likely N-dealkylation sites (N-methyl/N-ethyl adjacent to an activating group) is 1. The summed E-state index contributed by atoms with van der Waals surface area (Å²) in [6.45, 7) is 2.60. The number of fused-ring (bicyclic) bond motifs is 1. The van der Waals surface area contributed by atoms with Crippen LogP contribution in [0.1, 0.15) is 25.7 Å². The van der Waals surface area contributed by atoms with Gasteiger partial charge < -0.3 is 19.7 Å². The zero-order valence-corrected chi connectivity index (χ0v) is 16.4. The van der Waals surface area contributed by atoms with Crippen molar-refractivity contribution in [1.82, 2.24) is 14.9 Å². The summed E-state index contributed by atoms with van der Waals surface area (Å²) in [6, 6.07) is 4.75. The van der Waals surface area contributed by atoms with Gasteiger partial charge in [-0.1, -0.05) is 0 Å². The van der Waals surface area contributed by atoms with Crippen LogP contribution in [0.5, 0.6) is 11.5 Å². The van der Waals surface area contributed by atoms with Crippen LogP contribution in [0.25, 0.3) is 0 Å². The van der Waals surface area contributed by atoms with E-state index in [0.29, 0.717) is 24.7 Å². The second-order valence-electron chi connectivity index (χ2n) is 6.75. The van der Waals surface area contributed by atoms with Crippen molar-refractivity contribution in [2.45, 2.75) is 36.6 Å². The van der Waals surface area contributed by atoms with E-state index in [1.807, 2.05) is 11.9 Å². The largest absolute Gasteiger partial charge is 0.490 e. The summed E-state index contributed by atoms with van der Waals surface area (Å²) >= 11 is 0. The zero-order chi connectivity index (χ0) is 19.3. The Kier molecular flexibility index (Phi) is 6.56. The van der Waals surface area contributed by atoms with Crippen LogP contribution >= 0.6 is 0 Å². The lowest BCUT2D eigenvalue weighted by Gasteiger charge is -2.24. The van der Waals surface area contributed by atoms with Gasteiger partial charge in [0.1, 0.15) is 0 Å². The molecule has 27 heavy (non-hydrogen) atoms. The molecule has 0 aromatic heterocycles. The van der Waals surface area contributed by atoms with Crippen LogP contribution in [0, 0.1) is 0 Å². The molecule has 3 rings (SSSR count). The third-order valence-corrected chi connectivity index (χ3v) is 6.26. The van der Waals surface area contributed by atoms with Crippen LogP contribution in [0.15, 0.2) is 23.1 Å². The van der Waals surface area contributed by atoms with Crippen LogP contribution in [0.3, 0.4) is 0 Å². The molecule has 1 atom stereocenters. The first-order valence-corrected chi connectivity index (χ1v) is 10.8. The second-order valence-corrected chi connectivity index (χ2v) is 8.51. The topological polar surface area (TPSA) is 97.0 Å². The highest BCUT2D eigenvalue weighted by molar-refractivity contribution is 7.89. The normalized spacial score (nSPS) is 19.7. The van der Waals surface area contributed by atoms with Crippen molar-refractivity contribution in [3.63, 3.8) is 0 Å². The molecular formula is C18H27N3O5S. The predicted molar refractivity (Wildman–Crippen MR) is 101 cm³/mol. The van der Waals surface area contributed by atoms with Crippen LogP contribution in [-0.2, 0) is 14.8 Å². The molecule has 9 heteroatoms. The minimum Gasteiger partial charge on any atom is -0.490 e. The third-order valence-electron chi connectivity index (χ3n) is 4.80. The number of amides is 1. The highest BCUT2D eigenvalue weighted by Gasteiger charge is 2.28. The molecule has 150 valence electrons. The zero-order valence-electron chi connectivity index (χ0n) is 15.6. The number of nitrogens with one attached hydrogen (secondary N) is 2. The Labute approximate surface area is 160 Å². The summed E-state index contributed by atoms with van der Waals surface area (Å²) in [5.74, 6) is 0.957. The van der Waals surface area contributed by atoms with Crippen molar-refractivity contribution in [1.29, 1.82) is 0 Å². The lowest BCUT2D eigenvalue weighted by molar-refractivity contribution is -0.131. The molecular weight excluding hydrogens is 370 g/mol. The molecule has 0 saturated carbocycles. The molecule has 0 radical (unpaired) electrons. The molecule has 2 N–H and O–H groups in total. The number of nitrogens with zero attached hydrogens (tertiary/aromatic N) is 1. The van der Waals surface area contributed by atoms with Crippen LogP contribution in [0.2, 0.25) is 0 Å². The maximum absolute atomic E-state index is 12.5. The average molecular weight is 397 g/mol. The average Bonchev–Trinajstić information content (AvgIpc) is 2.97. The van der Waals surface area contributed by atoms with Gasteiger partial charge in [-0.2, -0.15) is 0 Å². The van der Waals surface area contributed by atoms with E-state index in [-0.39, 0.29) is 29.8 Å². The number of hydrogen-bond acceptors (Lipinski definition) is 6. The molecule has 1 aromatic rings. The summed E-state index contributed by atoms with van der Waals surface area (Å²) < 4.78 is 38.6. The molecule has 2 aliphatic heterocycles. The number of benzene rings is 1. The van der Waals surface area contributed by atoms with Crippen molar-refractivity contribution >= 4 is 15.9 Å². The van der Waals surface area contributed by atoms with E-state index in [2.05, 4.69) is 10.0 Å². The third kappa shape index (κ3) is 4.91. The lowest BCUT2D eigenvalue weighted by Crippen LogP contribution is -2.42. The Morgan fingerprint density at radius 1 is 1.22 bits per heavy atom. The summed E-state index contributed by atoms with van der Waals surface area (Å²) in [5, 5.41) is 3.10. The van der Waals surface area contributed by atoms with Crippen LogP contribution in [0.4, 0.5) is 0 Å². The van der Waals surface area contributed by atoms with E-state index in [1.54, 1.807) is 6.07 Å². The van der Waals surface area contributed by atoms with Gasteiger partial charge in [-0.15, -0.1) is 0 Å². The number of likely N-dealkylation sites (tertiary alicyclic amines) is 1. The van der Waals surface area contributed by atoms with E-state index in [0.717, 1.165) is 32.4 Å². The maximum atomic E-state index is 12.5. The Morgan fingerprint density at radius 2 is 2.00 bits per heavy atom. The summed E-state index contributed by atoms with van der Waals surface area (Å²) in [7, 11) is -1.85. The number of carbonyl (C=O) groups is 1. The first-order chi connectivity index (χ1) is 13.0. The Bertz CT molecular complexity index is 768. The Hall–Kier alpha value is -1.84. The van der Waals surface area contributed by atoms with Gasteiger partial charge >= 0.3 is 0 Å². The van der Waals surface area contributed by atoms with Crippen LogP contribution in [-0.4, -0.2) is 65.2 Å². The van der Waals surface area contributed by atoms with Crippen LogP contribution < -0.4 is 19.5 Å². The van der Waals surface area contributed by atoms with Gasteiger partial charge in [0.2, 0.25) is 15.9 Å². The number of sulfonamides is 1. The highest BCUT2D eigenvalue weighted by atomic mass is 32.2. The molecule has 1 amide bonds. The van der Waals surface area contributed by atoms with Gasteiger partial charge in [-0.25, -0.2) is 13.1 Å². The Morgan fingerprint density at radius 3 is 2.78 bits per heavy atom. The molecule has 1 saturated heterocycles. The van der Waals surface area contributed by atoms with Gasteiger partial charge in [0, 0.05) is 44.6 Å². The van der Waals surface area contributed by atoms with Crippen molar-refractivity contribution in [2.24, 2.45) is 0 Å². The molecule has 2 aliphatic rings. The molecule has 1 aromatic carbocycles. The van der Waals surface area contributed by atoms with E-state index in [1.165, 1.54) is 12.1 Å². The van der Waals surface area contributed by atoms with Crippen molar-refractivity contribution in [3.8, 4) is 11.5 Å². The molecule has 0 aliphatic carbocycles. The monoisotopic (exact) mass is 397 g/mol. The minimum absolute atomic E-state index is 0.0193. The maximum Gasteiger partial charge on any atom is 0.240 e. The number of ether oxygens (including phenoxy) is 2. The van der Waals surface area contributed by atoms with Gasteiger partial charge in [0.05, 0.1) is 18.1 Å². The fourth-order valence-electron chi connectivity index (χ4n) is 3.44. The Balaban J connectivity index is 1.57. The highest BCUT2D eigenvalue weighted by Crippen LogP contribution is 2.31. The number of hydrogen-bond donors (Lipinski definition) is 2. The summed E-state index contributed by atoms with van der Waals surface area (Å²) in [4.78, 5) is 14.4. The van der Waals surface area contributed by atoms with E-state index in [9.17, 15) is 13.2 Å². The standard InChI is InChI=1S/C18H27N3O5S/c1-19-13-14-4-2-9-21(14)18(22)7-8-20-27(23,24)15-5-6-16-17(12-15)26-11-3-10-25-16/h5-6,12,14,19-20H,2-4,7-11,13H2,1H3. The first-order valence-electron chi connectivity index (χ1n) is 9.34. The lowest BCUT2D eigenvalue weighted by atomic mass is 10.2. The van der Waals surface area contributed by atoms with Crippen molar-refractivity contribution < 1.29 is 22.7 Å². The van der Waals surface area contributed by atoms with Gasteiger partial charge in [0.25, 0.3) is 0 Å². The fourth-order valence-corrected chi connectivity index (χ4v) is 4.49. The van der Waals surface area contributed by atoms with Gasteiger partial charge in [-0.3, -0.25) is 4.79 Å².